The van der Waals surface area contributed by atoms with Crippen molar-refractivity contribution in [1.29, 1.82) is 0 Å². The summed E-state index contributed by atoms with van der Waals surface area (Å²) in [6, 6.07) is 5.85. The summed E-state index contributed by atoms with van der Waals surface area (Å²) in [5.74, 6) is 0.176. The molecule has 0 saturated carbocycles. The van der Waals surface area contributed by atoms with Crippen LogP contribution in [-0.2, 0) is 4.79 Å². The molecule has 0 radical (unpaired) electrons. The minimum Gasteiger partial charge on any atom is -0.508 e. The van der Waals surface area contributed by atoms with Crippen molar-refractivity contribution in [2.45, 2.75) is 0 Å². The standard InChI is InChI=1S/C6H6O2.CH2O.Na/c7-5-2-1-3-6(8)4-5;1-2;/h1-4,7-8H;1H2;/q;;+1. The molecule has 4 heteroatoms. The van der Waals surface area contributed by atoms with Crippen LogP contribution in [-0.4, -0.2) is 17.0 Å². The fraction of sp³-hybridized carbons (Fsp3) is 0. The van der Waals surface area contributed by atoms with Gasteiger partial charge in [0.2, 0.25) is 0 Å². The van der Waals surface area contributed by atoms with Gasteiger partial charge in [0.15, 0.2) is 0 Å². The Balaban J connectivity index is 0. The number of phenolic OH excluding ortho intramolecular Hbond substituents is 2. The van der Waals surface area contributed by atoms with Gasteiger partial charge in [0.05, 0.1) is 0 Å². The molecule has 1 aromatic rings. The van der Waals surface area contributed by atoms with Crippen molar-refractivity contribution in [3.8, 4) is 11.5 Å². The first kappa shape index (κ1) is 13.1. The number of aromatic hydroxyl groups is 2. The summed E-state index contributed by atoms with van der Waals surface area (Å²) < 4.78 is 0. The molecule has 0 saturated heterocycles. The van der Waals surface area contributed by atoms with Gasteiger partial charge in [0.25, 0.3) is 0 Å². The zero-order valence-electron chi connectivity index (χ0n) is 6.32. The molecule has 0 aliphatic carbocycles. The largest absolute Gasteiger partial charge is 1.00 e. The Hall–Kier alpha value is -0.510. The van der Waals surface area contributed by atoms with E-state index in [2.05, 4.69) is 0 Å². The van der Waals surface area contributed by atoms with E-state index in [0.29, 0.717) is 0 Å². The number of rotatable bonds is 0. The first-order chi connectivity index (χ1) is 4.79. The van der Waals surface area contributed by atoms with E-state index in [-0.39, 0.29) is 41.1 Å². The molecular weight excluding hydrogens is 155 g/mol. The second-order valence-electron chi connectivity index (χ2n) is 1.52. The minimum atomic E-state index is 0. The molecule has 3 nitrogen and oxygen atoms in total. The van der Waals surface area contributed by atoms with Crippen LogP contribution in [0.5, 0.6) is 11.5 Å². The monoisotopic (exact) mass is 163 g/mol. The zero-order chi connectivity index (χ0) is 7.98. The Morgan fingerprint density at radius 2 is 1.45 bits per heavy atom. The van der Waals surface area contributed by atoms with Crippen LogP contribution in [0.2, 0.25) is 0 Å². The van der Waals surface area contributed by atoms with E-state index < -0.39 is 0 Å². The molecule has 0 amide bonds. The summed E-state index contributed by atoms with van der Waals surface area (Å²) in [6.07, 6.45) is 0. The summed E-state index contributed by atoms with van der Waals surface area (Å²) >= 11 is 0. The summed E-state index contributed by atoms with van der Waals surface area (Å²) in [6.45, 7) is 2.00. The number of benzene rings is 1. The number of hydrogen-bond acceptors (Lipinski definition) is 3. The van der Waals surface area contributed by atoms with Gasteiger partial charge in [-0.1, -0.05) is 6.07 Å². The Morgan fingerprint density at radius 1 is 1.09 bits per heavy atom. The van der Waals surface area contributed by atoms with Crippen LogP contribution in [0.4, 0.5) is 0 Å². The molecular formula is C7H8NaO3+. The van der Waals surface area contributed by atoms with Gasteiger partial charge >= 0.3 is 29.6 Å². The molecule has 11 heavy (non-hydrogen) atoms. The Morgan fingerprint density at radius 3 is 1.64 bits per heavy atom. The molecule has 0 bridgehead atoms. The van der Waals surface area contributed by atoms with E-state index in [1.165, 1.54) is 18.2 Å². The van der Waals surface area contributed by atoms with E-state index in [0.717, 1.165) is 0 Å². The topological polar surface area (TPSA) is 57.5 Å². The van der Waals surface area contributed by atoms with Crippen LogP contribution in [0.1, 0.15) is 0 Å². The quantitative estimate of drug-likeness (QED) is 0.431. The number of hydrogen-bond donors (Lipinski definition) is 2. The molecule has 0 aromatic heterocycles. The number of carbonyl (C=O) groups excluding carboxylic acids is 1. The normalized spacial score (nSPS) is 6.91. The maximum absolute atomic E-state index is 8.65. The van der Waals surface area contributed by atoms with Crippen molar-refractivity contribution in [1.82, 2.24) is 0 Å². The second kappa shape index (κ2) is 7.60. The Kier molecular flexibility index (Phi) is 9.05. The molecule has 0 heterocycles. The SMILES string of the molecule is C=O.Oc1cccc(O)c1.[Na+]. The van der Waals surface area contributed by atoms with Gasteiger partial charge in [-0.3, -0.25) is 0 Å². The van der Waals surface area contributed by atoms with E-state index >= 15 is 0 Å². The van der Waals surface area contributed by atoms with Crippen LogP contribution in [0.15, 0.2) is 24.3 Å². The first-order valence-electron chi connectivity index (χ1n) is 2.56. The fourth-order valence-electron chi connectivity index (χ4n) is 0.493. The van der Waals surface area contributed by atoms with Gasteiger partial charge in [-0.25, -0.2) is 0 Å². The van der Waals surface area contributed by atoms with Gasteiger partial charge in [-0.15, -0.1) is 0 Å². The minimum absolute atomic E-state index is 0. The van der Waals surface area contributed by atoms with Gasteiger partial charge in [-0.05, 0) is 12.1 Å². The summed E-state index contributed by atoms with van der Waals surface area (Å²) in [7, 11) is 0. The van der Waals surface area contributed by atoms with Crippen molar-refractivity contribution in [3.63, 3.8) is 0 Å². The van der Waals surface area contributed by atoms with Crippen molar-refractivity contribution in [2.75, 3.05) is 0 Å². The Labute approximate surface area is 87.0 Å². The summed E-state index contributed by atoms with van der Waals surface area (Å²) in [5, 5.41) is 17.3. The summed E-state index contributed by atoms with van der Waals surface area (Å²) in [5.41, 5.74) is 0. The molecule has 0 unspecified atom stereocenters. The number of carbonyl (C=O) groups is 1. The van der Waals surface area contributed by atoms with Gasteiger partial charge in [0, 0.05) is 6.07 Å². The Bertz CT molecular complexity index is 185. The second-order valence-corrected chi connectivity index (χ2v) is 1.52. The third-order valence-electron chi connectivity index (χ3n) is 0.830. The van der Waals surface area contributed by atoms with Crippen molar-refractivity contribution < 1.29 is 44.6 Å². The molecule has 1 rings (SSSR count). The van der Waals surface area contributed by atoms with Crippen LogP contribution in [0, 0.1) is 0 Å². The van der Waals surface area contributed by atoms with E-state index in [9.17, 15) is 0 Å². The maximum Gasteiger partial charge on any atom is 1.00 e. The maximum atomic E-state index is 8.65. The molecule has 0 aliphatic rings. The van der Waals surface area contributed by atoms with Crippen LogP contribution in [0.25, 0.3) is 0 Å². The zero-order valence-corrected chi connectivity index (χ0v) is 8.32. The van der Waals surface area contributed by atoms with Gasteiger partial charge < -0.3 is 15.0 Å². The number of phenols is 2. The smallest absolute Gasteiger partial charge is 0.508 e. The van der Waals surface area contributed by atoms with Crippen LogP contribution >= 0.6 is 0 Å². The molecule has 54 valence electrons. The molecule has 0 spiro atoms. The van der Waals surface area contributed by atoms with Crippen LogP contribution < -0.4 is 29.6 Å². The average Bonchev–Trinajstić information content (AvgIpc) is 1.91. The molecule has 0 aliphatic heterocycles. The van der Waals surface area contributed by atoms with E-state index in [1.54, 1.807) is 6.07 Å². The average molecular weight is 163 g/mol. The predicted molar refractivity (Wildman–Crippen MR) is 36.9 cm³/mol. The van der Waals surface area contributed by atoms with Gasteiger partial charge in [-0.2, -0.15) is 0 Å². The van der Waals surface area contributed by atoms with Gasteiger partial charge in [0.1, 0.15) is 18.3 Å². The molecule has 2 N–H and O–H groups in total. The van der Waals surface area contributed by atoms with E-state index in [4.69, 9.17) is 15.0 Å². The first-order valence-corrected chi connectivity index (χ1v) is 2.56. The van der Waals surface area contributed by atoms with Crippen molar-refractivity contribution >= 4 is 6.79 Å². The molecule has 1 aromatic carbocycles. The predicted octanol–water partition coefficient (Wildman–Crippen LogP) is -2.08. The third kappa shape index (κ3) is 5.91. The third-order valence-corrected chi connectivity index (χ3v) is 0.830. The van der Waals surface area contributed by atoms with Crippen molar-refractivity contribution in [2.24, 2.45) is 0 Å². The van der Waals surface area contributed by atoms with Crippen molar-refractivity contribution in [3.05, 3.63) is 24.3 Å². The fourth-order valence-corrected chi connectivity index (χ4v) is 0.493. The summed E-state index contributed by atoms with van der Waals surface area (Å²) in [4.78, 5) is 8.00. The van der Waals surface area contributed by atoms with E-state index in [1.807, 2.05) is 6.79 Å². The molecule has 0 fully saturated rings. The molecule has 0 atom stereocenters. The van der Waals surface area contributed by atoms with Crippen LogP contribution in [0.3, 0.4) is 0 Å².